The highest BCUT2D eigenvalue weighted by Crippen LogP contribution is 2.19. The van der Waals surface area contributed by atoms with Gasteiger partial charge in [0.2, 0.25) is 0 Å². The number of nitrogens with zero attached hydrogens (tertiary/aromatic N) is 2. The van der Waals surface area contributed by atoms with E-state index in [1.807, 2.05) is 0 Å². The molecule has 7 nitrogen and oxygen atoms in total. The molecule has 1 atom stereocenters. The van der Waals surface area contributed by atoms with Crippen molar-refractivity contribution < 1.29 is 13.5 Å². The number of piperidine rings is 1. The third-order valence-electron chi connectivity index (χ3n) is 2.82. The summed E-state index contributed by atoms with van der Waals surface area (Å²) in [5.41, 5.74) is 0.413. The van der Waals surface area contributed by atoms with Gasteiger partial charge in [-0.2, -0.15) is 17.8 Å². The molecule has 0 radical (unpaired) electrons. The summed E-state index contributed by atoms with van der Waals surface area (Å²) in [7, 11) is -3.54. The molecule has 3 N–H and O–H groups in total. The number of hydrogen-bond acceptors (Lipinski definition) is 4. The lowest BCUT2D eigenvalue weighted by molar-refractivity contribution is 0.166. The van der Waals surface area contributed by atoms with Crippen molar-refractivity contribution in [2.45, 2.75) is 12.8 Å². The number of anilines is 1. The van der Waals surface area contributed by atoms with Crippen LogP contribution in [0.3, 0.4) is 0 Å². The van der Waals surface area contributed by atoms with Crippen LogP contribution < -0.4 is 4.72 Å². The molecule has 1 fully saturated rings. The zero-order valence-electron chi connectivity index (χ0n) is 9.33. The van der Waals surface area contributed by atoms with E-state index in [1.165, 1.54) is 16.7 Å². The second kappa shape index (κ2) is 5.03. The minimum Gasteiger partial charge on any atom is -0.396 e. The first-order chi connectivity index (χ1) is 8.12. The molecule has 96 valence electrons. The molecule has 1 saturated heterocycles. The Morgan fingerprint density at radius 1 is 1.65 bits per heavy atom. The van der Waals surface area contributed by atoms with Crippen molar-refractivity contribution in [1.29, 1.82) is 0 Å². The molecule has 0 saturated carbocycles. The van der Waals surface area contributed by atoms with Gasteiger partial charge in [-0.1, -0.05) is 0 Å². The topological polar surface area (TPSA) is 98.3 Å². The van der Waals surface area contributed by atoms with Crippen LogP contribution in [0.15, 0.2) is 12.4 Å². The van der Waals surface area contributed by atoms with Gasteiger partial charge >= 0.3 is 10.2 Å². The molecule has 1 aliphatic rings. The van der Waals surface area contributed by atoms with E-state index in [1.54, 1.807) is 0 Å². The third kappa shape index (κ3) is 2.96. The van der Waals surface area contributed by atoms with E-state index in [2.05, 4.69) is 14.9 Å². The van der Waals surface area contributed by atoms with Crippen LogP contribution in [0, 0.1) is 5.92 Å². The van der Waals surface area contributed by atoms with Gasteiger partial charge in [-0.15, -0.1) is 0 Å². The Balaban J connectivity index is 2.04. The predicted octanol–water partition coefficient (Wildman–Crippen LogP) is -0.229. The van der Waals surface area contributed by atoms with Crippen molar-refractivity contribution >= 4 is 15.9 Å². The van der Waals surface area contributed by atoms with E-state index < -0.39 is 10.2 Å². The van der Waals surface area contributed by atoms with Crippen LogP contribution in [0.5, 0.6) is 0 Å². The van der Waals surface area contributed by atoms with E-state index >= 15 is 0 Å². The average molecular weight is 260 g/mol. The highest BCUT2D eigenvalue weighted by atomic mass is 32.2. The lowest BCUT2D eigenvalue weighted by atomic mass is 10.0. The zero-order chi connectivity index (χ0) is 12.3. The largest absolute Gasteiger partial charge is 0.396 e. The van der Waals surface area contributed by atoms with E-state index in [0.717, 1.165) is 12.8 Å². The summed E-state index contributed by atoms with van der Waals surface area (Å²) < 4.78 is 27.8. The summed E-state index contributed by atoms with van der Waals surface area (Å²) in [6.45, 7) is 0.880. The van der Waals surface area contributed by atoms with Crippen LogP contribution in [-0.4, -0.2) is 47.7 Å². The van der Waals surface area contributed by atoms with Gasteiger partial charge in [0, 0.05) is 25.9 Å². The second-order valence-electron chi connectivity index (χ2n) is 4.14. The van der Waals surface area contributed by atoms with Crippen LogP contribution >= 0.6 is 0 Å². The number of aliphatic hydroxyl groups is 1. The number of rotatable bonds is 4. The average Bonchev–Trinajstić information content (AvgIpc) is 2.81. The minimum absolute atomic E-state index is 0.0255. The maximum Gasteiger partial charge on any atom is 0.301 e. The maximum atomic E-state index is 12.0. The van der Waals surface area contributed by atoms with Crippen molar-refractivity contribution in [2.24, 2.45) is 5.92 Å². The minimum atomic E-state index is -3.54. The molecule has 0 bridgehead atoms. The van der Waals surface area contributed by atoms with Crippen LogP contribution in [-0.2, 0) is 10.2 Å². The summed E-state index contributed by atoms with van der Waals surface area (Å²) in [4.78, 5) is 0. The Hall–Kier alpha value is -1.12. The molecule has 0 spiro atoms. The summed E-state index contributed by atoms with van der Waals surface area (Å²) >= 11 is 0. The van der Waals surface area contributed by atoms with Crippen LogP contribution in [0.2, 0.25) is 0 Å². The first kappa shape index (κ1) is 12.3. The maximum absolute atomic E-state index is 12.0. The molecule has 17 heavy (non-hydrogen) atoms. The molecule has 0 aromatic carbocycles. The number of aromatic nitrogens is 2. The highest BCUT2D eigenvalue weighted by molar-refractivity contribution is 7.90. The molecule has 2 heterocycles. The summed E-state index contributed by atoms with van der Waals surface area (Å²) in [6.07, 6.45) is 4.53. The van der Waals surface area contributed by atoms with Gasteiger partial charge in [-0.3, -0.25) is 9.82 Å². The SMILES string of the molecule is O=S(=O)(Nc1cn[nH]c1)N1CCCC(CO)C1. The monoisotopic (exact) mass is 260 g/mol. The molecule has 0 amide bonds. The van der Waals surface area contributed by atoms with Gasteiger partial charge in [0.15, 0.2) is 0 Å². The molecule has 8 heteroatoms. The fourth-order valence-electron chi connectivity index (χ4n) is 1.91. The summed E-state index contributed by atoms with van der Waals surface area (Å²) in [5, 5.41) is 15.3. The van der Waals surface area contributed by atoms with E-state index in [-0.39, 0.29) is 12.5 Å². The molecular formula is C9H16N4O3S. The van der Waals surface area contributed by atoms with Crippen molar-refractivity contribution in [1.82, 2.24) is 14.5 Å². The van der Waals surface area contributed by atoms with Gasteiger partial charge in [-0.25, -0.2) is 0 Å². The predicted molar refractivity (Wildman–Crippen MR) is 62.5 cm³/mol. The smallest absolute Gasteiger partial charge is 0.301 e. The second-order valence-corrected chi connectivity index (χ2v) is 5.81. The number of H-pyrrole nitrogens is 1. The standard InChI is InChI=1S/C9H16N4O3S/c14-7-8-2-1-3-13(6-8)17(15,16)12-9-4-10-11-5-9/h4-5,8,12,14H,1-3,6-7H2,(H,10,11). The third-order valence-corrected chi connectivity index (χ3v) is 4.33. The van der Waals surface area contributed by atoms with Crippen molar-refractivity contribution in [3.63, 3.8) is 0 Å². The Morgan fingerprint density at radius 3 is 3.12 bits per heavy atom. The number of aromatic amines is 1. The van der Waals surface area contributed by atoms with Gasteiger partial charge < -0.3 is 5.11 Å². The molecule has 1 aliphatic heterocycles. The van der Waals surface area contributed by atoms with Crippen LogP contribution in [0.1, 0.15) is 12.8 Å². The van der Waals surface area contributed by atoms with Crippen molar-refractivity contribution in [3.05, 3.63) is 12.4 Å². The lowest BCUT2D eigenvalue weighted by Gasteiger charge is -2.30. The van der Waals surface area contributed by atoms with Gasteiger partial charge in [0.1, 0.15) is 0 Å². The molecular weight excluding hydrogens is 244 g/mol. The van der Waals surface area contributed by atoms with Crippen LogP contribution in [0.25, 0.3) is 0 Å². The number of hydrogen-bond donors (Lipinski definition) is 3. The van der Waals surface area contributed by atoms with Crippen LogP contribution in [0.4, 0.5) is 5.69 Å². The Morgan fingerprint density at radius 2 is 2.47 bits per heavy atom. The Kier molecular flexibility index (Phi) is 3.65. The molecule has 1 aromatic heterocycles. The molecule has 1 unspecified atom stereocenters. The lowest BCUT2D eigenvalue weighted by Crippen LogP contribution is -2.43. The summed E-state index contributed by atoms with van der Waals surface area (Å²) in [5.74, 6) is 0.0321. The first-order valence-electron chi connectivity index (χ1n) is 5.49. The quantitative estimate of drug-likeness (QED) is 0.696. The first-order valence-corrected chi connectivity index (χ1v) is 6.93. The summed E-state index contributed by atoms with van der Waals surface area (Å²) in [6, 6.07) is 0. The fourth-order valence-corrected chi connectivity index (χ4v) is 3.23. The Bertz CT molecular complexity index is 445. The molecule has 1 aromatic rings. The van der Waals surface area contributed by atoms with E-state index in [4.69, 9.17) is 5.11 Å². The molecule has 0 aliphatic carbocycles. The van der Waals surface area contributed by atoms with Crippen molar-refractivity contribution in [2.75, 3.05) is 24.4 Å². The Labute approximate surface area is 100 Å². The molecule has 2 rings (SSSR count). The van der Waals surface area contributed by atoms with Gasteiger partial charge in [-0.05, 0) is 18.8 Å². The van der Waals surface area contributed by atoms with E-state index in [9.17, 15) is 8.42 Å². The number of aliphatic hydroxyl groups excluding tert-OH is 1. The highest BCUT2D eigenvalue weighted by Gasteiger charge is 2.28. The van der Waals surface area contributed by atoms with E-state index in [0.29, 0.717) is 18.8 Å². The van der Waals surface area contributed by atoms with Gasteiger partial charge in [0.25, 0.3) is 0 Å². The zero-order valence-corrected chi connectivity index (χ0v) is 10.2. The van der Waals surface area contributed by atoms with Gasteiger partial charge in [0.05, 0.1) is 11.9 Å². The number of nitrogens with one attached hydrogen (secondary N) is 2. The fraction of sp³-hybridized carbons (Fsp3) is 0.667. The van der Waals surface area contributed by atoms with Crippen molar-refractivity contribution in [3.8, 4) is 0 Å². The normalized spacial score (nSPS) is 22.5.